The molecule has 0 fully saturated rings. The summed E-state index contributed by atoms with van der Waals surface area (Å²) in [6.07, 6.45) is -0.538. The molecule has 0 amide bonds. The van der Waals surface area contributed by atoms with Crippen molar-refractivity contribution in [2.24, 2.45) is 0 Å². The molecule has 0 aliphatic rings. The summed E-state index contributed by atoms with van der Waals surface area (Å²) in [5, 5.41) is 0. The van der Waals surface area contributed by atoms with Gasteiger partial charge in [0.25, 0.3) is 0 Å². The first kappa shape index (κ1) is 13.3. The Bertz CT molecular complexity index is 623. The minimum atomic E-state index is -1.91. The molecular weight excluding hydrogens is 260 g/mol. The summed E-state index contributed by atoms with van der Waals surface area (Å²) in [7, 11) is 0. The third kappa shape index (κ3) is 2.65. The van der Waals surface area contributed by atoms with E-state index in [1.165, 1.54) is 12.1 Å². The van der Waals surface area contributed by atoms with Crippen molar-refractivity contribution in [3.63, 3.8) is 0 Å². The number of hydrogen-bond donors (Lipinski definition) is 0. The van der Waals surface area contributed by atoms with Crippen LogP contribution in [0.3, 0.4) is 0 Å². The number of Topliss-reactive ketones (excluding diaryl/α,β-unsaturated/α-hetero) is 1. The molecular formula is C14H8F4O. The highest BCUT2D eigenvalue weighted by Gasteiger charge is 2.20. The Morgan fingerprint density at radius 2 is 1.53 bits per heavy atom. The van der Waals surface area contributed by atoms with Gasteiger partial charge in [0.2, 0.25) is 0 Å². The standard InChI is InChI=1S/C14H8F4O/c15-10-6-9(12(16)14(18)13(10)17)7-11(19)8-4-2-1-3-5-8/h1-6H,7H2. The Kier molecular flexibility index (Phi) is 3.64. The van der Waals surface area contributed by atoms with Crippen LogP contribution in [0.1, 0.15) is 15.9 Å². The lowest BCUT2D eigenvalue weighted by Crippen LogP contribution is -2.08. The number of hydrogen-bond acceptors (Lipinski definition) is 1. The quantitative estimate of drug-likeness (QED) is 0.359. The van der Waals surface area contributed by atoms with Crippen molar-refractivity contribution < 1.29 is 22.4 Å². The van der Waals surface area contributed by atoms with E-state index in [2.05, 4.69) is 0 Å². The van der Waals surface area contributed by atoms with Gasteiger partial charge in [0.1, 0.15) is 0 Å². The van der Waals surface area contributed by atoms with Crippen LogP contribution in [0.2, 0.25) is 0 Å². The average Bonchev–Trinajstić information content (AvgIpc) is 2.43. The molecule has 0 aliphatic carbocycles. The van der Waals surface area contributed by atoms with Gasteiger partial charge in [0.15, 0.2) is 29.1 Å². The fourth-order valence-electron chi connectivity index (χ4n) is 1.65. The van der Waals surface area contributed by atoms with Crippen LogP contribution in [0.5, 0.6) is 0 Å². The Labute approximate surface area is 106 Å². The summed E-state index contributed by atoms with van der Waals surface area (Å²) in [6.45, 7) is 0. The summed E-state index contributed by atoms with van der Waals surface area (Å²) in [4.78, 5) is 11.8. The molecule has 0 unspecified atom stereocenters. The molecule has 0 aliphatic heterocycles. The fraction of sp³-hybridized carbons (Fsp3) is 0.0714. The molecule has 0 bridgehead atoms. The number of ketones is 1. The first-order valence-corrected chi connectivity index (χ1v) is 5.41. The van der Waals surface area contributed by atoms with E-state index in [1.807, 2.05) is 0 Å². The molecule has 0 radical (unpaired) electrons. The number of carbonyl (C=O) groups excluding carboxylic acids is 1. The molecule has 5 heteroatoms. The van der Waals surface area contributed by atoms with E-state index in [1.54, 1.807) is 18.2 Å². The van der Waals surface area contributed by atoms with Crippen LogP contribution in [0.25, 0.3) is 0 Å². The van der Waals surface area contributed by atoms with Crippen molar-refractivity contribution in [2.45, 2.75) is 6.42 Å². The van der Waals surface area contributed by atoms with Gasteiger partial charge in [0.05, 0.1) is 0 Å². The summed E-state index contributed by atoms with van der Waals surface area (Å²) in [5.74, 6) is -7.35. The van der Waals surface area contributed by atoms with Crippen molar-refractivity contribution in [2.75, 3.05) is 0 Å². The number of rotatable bonds is 3. The maximum Gasteiger partial charge on any atom is 0.197 e. The third-order valence-electron chi connectivity index (χ3n) is 2.62. The lowest BCUT2D eigenvalue weighted by molar-refractivity contribution is 0.0991. The lowest BCUT2D eigenvalue weighted by Gasteiger charge is -2.05. The van der Waals surface area contributed by atoms with E-state index in [0.717, 1.165) is 0 Å². The molecule has 0 aromatic heterocycles. The number of benzene rings is 2. The van der Waals surface area contributed by atoms with Crippen LogP contribution in [0.4, 0.5) is 17.6 Å². The third-order valence-corrected chi connectivity index (χ3v) is 2.62. The number of halogens is 4. The molecule has 0 atom stereocenters. The van der Waals surface area contributed by atoms with Gasteiger partial charge < -0.3 is 0 Å². The van der Waals surface area contributed by atoms with Gasteiger partial charge in [0, 0.05) is 17.5 Å². The molecule has 2 rings (SSSR count). The van der Waals surface area contributed by atoms with E-state index >= 15 is 0 Å². The molecule has 98 valence electrons. The zero-order chi connectivity index (χ0) is 14.0. The largest absolute Gasteiger partial charge is 0.294 e. The van der Waals surface area contributed by atoms with Gasteiger partial charge in [-0.25, -0.2) is 17.6 Å². The molecule has 1 nitrogen and oxygen atoms in total. The van der Waals surface area contributed by atoms with Crippen molar-refractivity contribution in [3.8, 4) is 0 Å². The van der Waals surface area contributed by atoms with Gasteiger partial charge in [-0.2, -0.15) is 0 Å². The van der Waals surface area contributed by atoms with Gasteiger partial charge in [-0.15, -0.1) is 0 Å². The van der Waals surface area contributed by atoms with Crippen molar-refractivity contribution in [3.05, 3.63) is 70.8 Å². The lowest BCUT2D eigenvalue weighted by atomic mass is 10.0. The van der Waals surface area contributed by atoms with Crippen molar-refractivity contribution in [1.29, 1.82) is 0 Å². The van der Waals surface area contributed by atoms with E-state index < -0.39 is 41.0 Å². The van der Waals surface area contributed by atoms with Crippen molar-refractivity contribution >= 4 is 5.78 Å². The predicted octanol–water partition coefficient (Wildman–Crippen LogP) is 3.67. The Morgan fingerprint density at radius 1 is 0.895 bits per heavy atom. The van der Waals surface area contributed by atoms with E-state index in [4.69, 9.17) is 0 Å². The zero-order valence-corrected chi connectivity index (χ0v) is 9.59. The molecule has 19 heavy (non-hydrogen) atoms. The summed E-state index contributed by atoms with van der Waals surface area (Å²) >= 11 is 0. The second-order valence-electron chi connectivity index (χ2n) is 3.93. The molecule has 2 aromatic rings. The van der Waals surface area contributed by atoms with Crippen LogP contribution in [0.15, 0.2) is 36.4 Å². The minimum Gasteiger partial charge on any atom is -0.294 e. The monoisotopic (exact) mass is 268 g/mol. The van der Waals surface area contributed by atoms with Crippen molar-refractivity contribution in [1.82, 2.24) is 0 Å². The Balaban J connectivity index is 2.32. The van der Waals surface area contributed by atoms with Gasteiger partial charge in [-0.1, -0.05) is 30.3 Å². The van der Waals surface area contributed by atoms with E-state index in [-0.39, 0.29) is 5.56 Å². The fourth-order valence-corrected chi connectivity index (χ4v) is 1.65. The second-order valence-corrected chi connectivity index (χ2v) is 3.93. The summed E-state index contributed by atoms with van der Waals surface area (Å²) in [5.41, 5.74) is -0.225. The Morgan fingerprint density at radius 3 is 2.16 bits per heavy atom. The predicted molar refractivity (Wildman–Crippen MR) is 60.8 cm³/mol. The van der Waals surface area contributed by atoms with Crippen LogP contribution < -0.4 is 0 Å². The second kappa shape index (κ2) is 5.22. The van der Waals surface area contributed by atoms with E-state index in [9.17, 15) is 22.4 Å². The summed E-state index contributed by atoms with van der Waals surface area (Å²) in [6, 6.07) is 8.39. The van der Waals surface area contributed by atoms with E-state index in [0.29, 0.717) is 6.07 Å². The molecule has 0 saturated heterocycles. The molecule has 0 heterocycles. The molecule has 2 aromatic carbocycles. The van der Waals surface area contributed by atoms with Gasteiger partial charge >= 0.3 is 0 Å². The topological polar surface area (TPSA) is 17.1 Å². The highest BCUT2D eigenvalue weighted by atomic mass is 19.2. The van der Waals surface area contributed by atoms with Gasteiger partial charge in [-0.3, -0.25) is 4.79 Å². The van der Waals surface area contributed by atoms with Crippen LogP contribution in [0, 0.1) is 23.3 Å². The highest BCUT2D eigenvalue weighted by Crippen LogP contribution is 2.20. The zero-order valence-electron chi connectivity index (χ0n) is 9.59. The smallest absolute Gasteiger partial charge is 0.197 e. The number of carbonyl (C=O) groups is 1. The van der Waals surface area contributed by atoms with Crippen LogP contribution >= 0.6 is 0 Å². The SMILES string of the molecule is O=C(Cc1cc(F)c(F)c(F)c1F)c1ccccc1. The maximum atomic E-state index is 13.4. The van der Waals surface area contributed by atoms with Crippen LogP contribution in [-0.2, 0) is 6.42 Å². The first-order valence-electron chi connectivity index (χ1n) is 5.41. The molecule has 0 saturated carbocycles. The van der Waals surface area contributed by atoms with Gasteiger partial charge in [-0.05, 0) is 6.07 Å². The van der Waals surface area contributed by atoms with Crippen LogP contribution in [-0.4, -0.2) is 5.78 Å². The first-order chi connectivity index (χ1) is 9.00. The Hall–Kier alpha value is -2.17. The average molecular weight is 268 g/mol. The normalized spacial score (nSPS) is 10.5. The summed E-state index contributed by atoms with van der Waals surface area (Å²) < 4.78 is 52.1. The maximum absolute atomic E-state index is 13.4. The molecule has 0 N–H and O–H groups in total. The minimum absolute atomic E-state index is 0.284. The molecule has 0 spiro atoms. The highest BCUT2D eigenvalue weighted by molar-refractivity contribution is 5.97.